The molecule has 3 rings (SSSR count). The molecule has 1 heterocycles. The molecule has 4 heteroatoms. The van der Waals surface area contributed by atoms with Crippen LogP contribution in [0.4, 0.5) is 0 Å². The molecule has 0 radical (unpaired) electrons. The largest absolute Gasteiger partial charge is 0.295 e. The van der Waals surface area contributed by atoms with Crippen LogP contribution in [0.3, 0.4) is 0 Å². The van der Waals surface area contributed by atoms with Gasteiger partial charge < -0.3 is 0 Å². The van der Waals surface area contributed by atoms with Crippen molar-refractivity contribution in [3.63, 3.8) is 0 Å². The van der Waals surface area contributed by atoms with Crippen LogP contribution >= 0.6 is 0 Å². The number of ketones is 1. The van der Waals surface area contributed by atoms with Gasteiger partial charge in [0.25, 0.3) is 0 Å². The van der Waals surface area contributed by atoms with Crippen molar-refractivity contribution in [3.8, 4) is 0 Å². The van der Waals surface area contributed by atoms with E-state index in [0.717, 1.165) is 5.92 Å². The van der Waals surface area contributed by atoms with Crippen LogP contribution in [-0.4, -0.2) is 16.1 Å². The quantitative estimate of drug-likeness (QED) is 0.625. The Morgan fingerprint density at radius 3 is 2.42 bits per heavy atom. The lowest BCUT2D eigenvalue weighted by Gasteiger charge is -2.20. The van der Waals surface area contributed by atoms with Gasteiger partial charge in [-0.25, -0.2) is 4.63 Å². The van der Waals surface area contributed by atoms with E-state index in [1.807, 2.05) is 13.8 Å². The number of hydrogen-bond donors (Lipinski definition) is 0. The first-order valence-corrected chi connectivity index (χ1v) is 9.44. The zero-order chi connectivity index (χ0) is 17.8. The van der Waals surface area contributed by atoms with E-state index >= 15 is 0 Å². The molecule has 0 spiro atoms. The second-order valence-electron chi connectivity index (χ2n) is 6.17. The normalized spacial score (nSPS) is 14.3. The number of rotatable bonds is 4. The highest BCUT2D eigenvalue weighted by Gasteiger charge is 2.11. The lowest BCUT2D eigenvalue weighted by Crippen LogP contribution is -2.05. The fraction of sp³-hybridized carbons (Fsp3) is 0.650. The number of benzene rings is 1. The zero-order valence-corrected chi connectivity index (χ0v) is 15.7. The summed E-state index contributed by atoms with van der Waals surface area (Å²) >= 11 is 0. The summed E-state index contributed by atoms with van der Waals surface area (Å²) in [7, 11) is 0. The van der Waals surface area contributed by atoms with Crippen LogP contribution in [0.25, 0.3) is 11.0 Å². The average molecular weight is 332 g/mol. The summed E-state index contributed by atoms with van der Waals surface area (Å²) in [6, 6.07) is 5.08. The highest BCUT2D eigenvalue weighted by atomic mass is 16.6. The predicted molar refractivity (Wildman–Crippen MR) is 99.3 cm³/mol. The summed E-state index contributed by atoms with van der Waals surface area (Å²) in [6.45, 7) is 7.80. The molecule has 0 N–H and O–H groups in total. The zero-order valence-electron chi connectivity index (χ0n) is 15.7. The van der Waals surface area contributed by atoms with Gasteiger partial charge in [0.15, 0.2) is 5.78 Å². The molecule has 0 unspecified atom stereocenters. The average Bonchev–Trinajstić information content (AvgIpc) is 3.11. The molecular weight excluding hydrogens is 300 g/mol. The second kappa shape index (κ2) is 11.8. The van der Waals surface area contributed by atoms with Gasteiger partial charge in [-0.05, 0) is 41.4 Å². The molecule has 1 aromatic carbocycles. The summed E-state index contributed by atoms with van der Waals surface area (Å²) in [5, 5.41) is 7.25. The molecule has 0 amide bonds. The molecule has 1 aromatic heterocycles. The molecule has 0 aliphatic heterocycles. The minimum Gasteiger partial charge on any atom is -0.295 e. The standard InChI is InChI=1S/C10H20.C8H6N2O2.C2H6/c1-2-3-7-10-8-5-4-6-9-10;1-5(11)6-2-3-7-8(4-6)10-12-9-7;1-2/h10H,2-9H2,1H3;2-4H,1H3;1-2H3. The number of fused-ring (bicyclic) bond motifs is 1. The van der Waals surface area contributed by atoms with Crippen molar-refractivity contribution in [3.05, 3.63) is 23.8 Å². The Bertz CT molecular complexity index is 586. The van der Waals surface area contributed by atoms with E-state index in [1.54, 1.807) is 18.2 Å². The first kappa shape index (κ1) is 20.3. The van der Waals surface area contributed by atoms with Gasteiger partial charge in [-0.1, -0.05) is 72.1 Å². The van der Waals surface area contributed by atoms with Crippen molar-refractivity contribution in [2.45, 2.75) is 79.1 Å². The molecule has 1 aliphatic rings. The van der Waals surface area contributed by atoms with Crippen LogP contribution in [-0.2, 0) is 0 Å². The Morgan fingerprint density at radius 2 is 1.79 bits per heavy atom. The smallest absolute Gasteiger partial charge is 0.159 e. The van der Waals surface area contributed by atoms with Gasteiger partial charge in [0, 0.05) is 5.56 Å². The van der Waals surface area contributed by atoms with E-state index in [0.29, 0.717) is 16.6 Å². The Kier molecular flexibility index (Phi) is 9.97. The molecule has 1 fully saturated rings. The third-order valence-corrected chi connectivity index (χ3v) is 4.35. The number of Topliss-reactive ketones (excluding diaryl/α,β-unsaturated/α-hetero) is 1. The number of nitrogens with zero attached hydrogens (tertiary/aromatic N) is 2. The second-order valence-corrected chi connectivity index (χ2v) is 6.17. The monoisotopic (exact) mass is 332 g/mol. The Morgan fingerprint density at radius 1 is 1.12 bits per heavy atom. The van der Waals surface area contributed by atoms with E-state index in [-0.39, 0.29) is 5.78 Å². The molecule has 1 aliphatic carbocycles. The van der Waals surface area contributed by atoms with Gasteiger partial charge in [0.1, 0.15) is 11.0 Å². The van der Waals surface area contributed by atoms with Gasteiger partial charge >= 0.3 is 0 Å². The first-order chi connectivity index (χ1) is 11.7. The van der Waals surface area contributed by atoms with Gasteiger partial charge in [0.2, 0.25) is 0 Å². The maximum atomic E-state index is 10.9. The van der Waals surface area contributed by atoms with E-state index in [9.17, 15) is 4.79 Å². The van der Waals surface area contributed by atoms with Crippen LogP contribution in [0, 0.1) is 5.92 Å². The van der Waals surface area contributed by atoms with Crippen molar-refractivity contribution in [2.24, 2.45) is 5.92 Å². The van der Waals surface area contributed by atoms with Crippen molar-refractivity contribution >= 4 is 16.8 Å². The lowest BCUT2D eigenvalue weighted by atomic mass is 9.86. The summed E-state index contributed by atoms with van der Waals surface area (Å²) in [4.78, 5) is 10.9. The van der Waals surface area contributed by atoms with Crippen LogP contribution in [0.1, 0.15) is 89.4 Å². The lowest BCUT2D eigenvalue weighted by molar-refractivity contribution is 0.101. The highest BCUT2D eigenvalue weighted by Crippen LogP contribution is 2.27. The maximum Gasteiger partial charge on any atom is 0.159 e. The Hall–Kier alpha value is -1.71. The first-order valence-electron chi connectivity index (χ1n) is 9.44. The van der Waals surface area contributed by atoms with Gasteiger partial charge in [0.05, 0.1) is 0 Å². The van der Waals surface area contributed by atoms with Gasteiger partial charge in [-0.2, -0.15) is 0 Å². The third kappa shape index (κ3) is 6.81. The number of unbranched alkanes of at least 4 members (excludes halogenated alkanes) is 1. The van der Waals surface area contributed by atoms with Crippen LogP contribution in [0.5, 0.6) is 0 Å². The molecule has 2 aromatic rings. The van der Waals surface area contributed by atoms with Gasteiger partial charge in [-0.15, -0.1) is 0 Å². The molecule has 4 nitrogen and oxygen atoms in total. The van der Waals surface area contributed by atoms with Crippen LogP contribution in [0.15, 0.2) is 22.8 Å². The van der Waals surface area contributed by atoms with Crippen molar-refractivity contribution in [1.29, 1.82) is 0 Å². The van der Waals surface area contributed by atoms with Crippen molar-refractivity contribution in [1.82, 2.24) is 10.3 Å². The number of carbonyl (C=O) groups is 1. The van der Waals surface area contributed by atoms with Crippen molar-refractivity contribution < 1.29 is 9.42 Å². The summed E-state index contributed by atoms with van der Waals surface area (Å²) in [6.07, 6.45) is 11.9. The summed E-state index contributed by atoms with van der Waals surface area (Å²) < 4.78 is 4.49. The number of carbonyl (C=O) groups excluding carboxylic acids is 1. The molecule has 1 saturated carbocycles. The van der Waals surface area contributed by atoms with Gasteiger partial charge in [-0.3, -0.25) is 4.79 Å². The Balaban J connectivity index is 0.000000221. The Labute approximate surface area is 146 Å². The SMILES string of the molecule is CC.CC(=O)c1ccc2nonc2c1.CCCCC1CCCCC1. The third-order valence-electron chi connectivity index (χ3n) is 4.35. The molecule has 0 atom stereocenters. The van der Waals surface area contributed by atoms with E-state index < -0.39 is 0 Å². The van der Waals surface area contributed by atoms with E-state index in [1.165, 1.54) is 58.3 Å². The van der Waals surface area contributed by atoms with Crippen LogP contribution < -0.4 is 0 Å². The fourth-order valence-corrected chi connectivity index (χ4v) is 2.97. The minimum absolute atomic E-state index is 0.0138. The highest BCUT2D eigenvalue weighted by molar-refractivity contribution is 5.96. The van der Waals surface area contributed by atoms with E-state index in [2.05, 4.69) is 21.9 Å². The summed E-state index contributed by atoms with van der Waals surface area (Å²) in [5.41, 5.74) is 1.90. The topological polar surface area (TPSA) is 56.0 Å². The molecule has 134 valence electrons. The molecular formula is C20H32N2O2. The summed E-state index contributed by atoms with van der Waals surface area (Å²) in [5.74, 6) is 1.12. The molecule has 24 heavy (non-hydrogen) atoms. The number of hydrogen-bond acceptors (Lipinski definition) is 4. The van der Waals surface area contributed by atoms with Crippen molar-refractivity contribution in [2.75, 3.05) is 0 Å². The van der Waals surface area contributed by atoms with Crippen LogP contribution in [0.2, 0.25) is 0 Å². The number of aromatic nitrogens is 2. The molecule has 0 bridgehead atoms. The van der Waals surface area contributed by atoms with E-state index in [4.69, 9.17) is 0 Å². The minimum atomic E-state index is 0.0138. The maximum absolute atomic E-state index is 10.9. The predicted octanol–water partition coefficient (Wildman–Crippen LogP) is 6.21. The molecule has 0 saturated heterocycles. The fourth-order valence-electron chi connectivity index (χ4n) is 2.97.